The molecule has 0 saturated carbocycles. The van der Waals surface area contributed by atoms with Gasteiger partial charge < -0.3 is 9.47 Å². The molecule has 0 aromatic heterocycles. The molecule has 0 N–H and O–H groups in total. The van der Waals surface area contributed by atoms with Crippen LogP contribution in [0.4, 0.5) is 0 Å². The van der Waals surface area contributed by atoms with Crippen molar-refractivity contribution in [2.24, 2.45) is 5.92 Å². The van der Waals surface area contributed by atoms with Crippen molar-refractivity contribution in [3.63, 3.8) is 0 Å². The summed E-state index contributed by atoms with van der Waals surface area (Å²) in [4.78, 5) is 23.7. The van der Waals surface area contributed by atoms with Gasteiger partial charge in [-0.25, -0.2) is 0 Å². The summed E-state index contributed by atoms with van der Waals surface area (Å²) in [5.41, 5.74) is 0. The smallest absolute Gasteiger partial charge is 0.311 e. The number of hydrogen-bond donors (Lipinski definition) is 0. The van der Waals surface area contributed by atoms with Crippen molar-refractivity contribution in [1.82, 2.24) is 0 Å². The van der Waals surface area contributed by atoms with E-state index in [-0.39, 0.29) is 17.9 Å². The molecule has 134 valence electrons. The topological polar surface area (TPSA) is 52.6 Å². The van der Waals surface area contributed by atoms with Crippen molar-refractivity contribution >= 4 is 11.9 Å². The quantitative estimate of drug-likeness (QED) is 0.313. The number of rotatable bonds is 11. The highest BCUT2D eigenvalue weighted by atomic mass is 16.6. The predicted molar refractivity (Wildman–Crippen MR) is 95.2 cm³/mol. The first-order chi connectivity index (χ1) is 11.5. The lowest BCUT2D eigenvalue weighted by atomic mass is 10.1. The molecule has 0 aliphatic rings. The zero-order valence-electron chi connectivity index (χ0n) is 15.2. The Morgan fingerprint density at radius 3 is 2.00 bits per heavy atom. The average Bonchev–Trinajstić information content (AvgIpc) is 2.52. The molecule has 0 fully saturated rings. The number of para-hydroxylation sites is 2. The van der Waals surface area contributed by atoms with Crippen LogP contribution in [0.15, 0.2) is 24.3 Å². The van der Waals surface area contributed by atoms with Gasteiger partial charge in [0.25, 0.3) is 0 Å². The molecule has 0 amide bonds. The minimum Gasteiger partial charge on any atom is -0.423 e. The Bertz CT molecular complexity index is 508. The van der Waals surface area contributed by atoms with E-state index in [4.69, 9.17) is 9.47 Å². The fraction of sp³-hybridized carbons (Fsp3) is 0.600. The molecular weight excluding hydrogens is 304 g/mol. The van der Waals surface area contributed by atoms with E-state index in [1.165, 1.54) is 19.3 Å². The van der Waals surface area contributed by atoms with E-state index in [2.05, 4.69) is 6.92 Å². The van der Waals surface area contributed by atoms with E-state index in [0.29, 0.717) is 24.3 Å². The number of ether oxygens (including phenoxy) is 2. The van der Waals surface area contributed by atoms with Crippen LogP contribution in [0.2, 0.25) is 0 Å². The third-order valence-electron chi connectivity index (χ3n) is 3.61. The SMILES string of the molecule is CCCCCCCCC(=O)Oc1ccccc1OC(=O)CC(C)C. The Morgan fingerprint density at radius 1 is 0.875 bits per heavy atom. The van der Waals surface area contributed by atoms with Crippen molar-refractivity contribution < 1.29 is 19.1 Å². The van der Waals surface area contributed by atoms with Gasteiger partial charge in [0, 0.05) is 12.8 Å². The van der Waals surface area contributed by atoms with Gasteiger partial charge >= 0.3 is 11.9 Å². The Balaban J connectivity index is 2.43. The first-order valence-electron chi connectivity index (χ1n) is 9.03. The Kier molecular flexibility index (Phi) is 9.81. The molecule has 0 unspecified atom stereocenters. The molecule has 1 aromatic carbocycles. The van der Waals surface area contributed by atoms with E-state index < -0.39 is 0 Å². The Labute approximate surface area is 145 Å². The van der Waals surface area contributed by atoms with E-state index >= 15 is 0 Å². The molecule has 1 rings (SSSR count). The molecule has 0 atom stereocenters. The normalized spacial score (nSPS) is 10.7. The van der Waals surface area contributed by atoms with E-state index in [0.717, 1.165) is 19.3 Å². The molecule has 4 heteroatoms. The molecule has 4 nitrogen and oxygen atoms in total. The van der Waals surface area contributed by atoms with E-state index in [1.807, 2.05) is 13.8 Å². The van der Waals surface area contributed by atoms with E-state index in [9.17, 15) is 9.59 Å². The van der Waals surface area contributed by atoms with Crippen LogP contribution in [0, 0.1) is 5.92 Å². The summed E-state index contributed by atoms with van der Waals surface area (Å²) in [6.07, 6.45) is 7.44. The second-order valence-electron chi connectivity index (χ2n) is 6.51. The lowest BCUT2D eigenvalue weighted by molar-refractivity contribution is -0.137. The molecule has 0 aliphatic carbocycles. The van der Waals surface area contributed by atoms with Gasteiger partial charge in [-0.3, -0.25) is 9.59 Å². The largest absolute Gasteiger partial charge is 0.423 e. The fourth-order valence-electron chi connectivity index (χ4n) is 2.34. The van der Waals surface area contributed by atoms with Gasteiger partial charge in [-0.05, 0) is 24.5 Å². The number of unbranched alkanes of at least 4 members (excludes halogenated alkanes) is 5. The highest BCUT2D eigenvalue weighted by Crippen LogP contribution is 2.27. The zero-order chi connectivity index (χ0) is 17.8. The van der Waals surface area contributed by atoms with E-state index in [1.54, 1.807) is 24.3 Å². The summed E-state index contributed by atoms with van der Waals surface area (Å²) in [6.45, 7) is 6.09. The van der Waals surface area contributed by atoms with Gasteiger partial charge in [0.05, 0.1) is 0 Å². The molecule has 0 bridgehead atoms. The number of carbonyl (C=O) groups excluding carboxylic acids is 2. The summed E-state index contributed by atoms with van der Waals surface area (Å²) in [7, 11) is 0. The minimum absolute atomic E-state index is 0.222. The Hall–Kier alpha value is -1.84. The summed E-state index contributed by atoms with van der Waals surface area (Å²) in [6, 6.07) is 6.80. The van der Waals surface area contributed by atoms with Gasteiger partial charge in [-0.15, -0.1) is 0 Å². The molecule has 1 aromatic rings. The van der Waals surface area contributed by atoms with Crippen LogP contribution in [-0.2, 0) is 9.59 Å². The molecule has 24 heavy (non-hydrogen) atoms. The lowest BCUT2D eigenvalue weighted by Gasteiger charge is -2.11. The zero-order valence-corrected chi connectivity index (χ0v) is 15.2. The number of hydrogen-bond acceptors (Lipinski definition) is 4. The molecule has 0 radical (unpaired) electrons. The number of esters is 2. The summed E-state index contributed by atoms with van der Waals surface area (Å²) in [5, 5.41) is 0. The second kappa shape index (κ2) is 11.7. The maximum Gasteiger partial charge on any atom is 0.311 e. The summed E-state index contributed by atoms with van der Waals surface area (Å²) >= 11 is 0. The molecular formula is C20H30O4. The van der Waals surface area contributed by atoms with Crippen molar-refractivity contribution in [1.29, 1.82) is 0 Å². The van der Waals surface area contributed by atoms with Crippen molar-refractivity contribution in [2.45, 2.75) is 72.1 Å². The first kappa shape index (κ1) is 20.2. The highest BCUT2D eigenvalue weighted by molar-refractivity contribution is 5.76. The van der Waals surface area contributed by atoms with Crippen LogP contribution < -0.4 is 9.47 Å². The average molecular weight is 334 g/mol. The van der Waals surface area contributed by atoms with Crippen LogP contribution in [0.5, 0.6) is 11.5 Å². The van der Waals surface area contributed by atoms with Crippen molar-refractivity contribution in [3.8, 4) is 11.5 Å². The molecule has 0 aliphatic heterocycles. The monoisotopic (exact) mass is 334 g/mol. The highest BCUT2D eigenvalue weighted by Gasteiger charge is 2.14. The minimum atomic E-state index is -0.315. The van der Waals surface area contributed by atoms with Crippen LogP contribution in [-0.4, -0.2) is 11.9 Å². The number of carbonyl (C=O) groups is 2. The Morgan fingerprint density at radius 2 is 1.42 bits per heavy atom. The van der Waals surface area contributed by atoms with Crippen LogP contribution in [0.25, 0.3) is 0 Å². The molecule has 0 spiro atoms. The predicted octanol–water partition coefficient (Wildman–Crippen LogP) is 5.29. The lowest BCUT2D eigenvalue weighted by Crippen LogP contribution is -2.13. The second-order valence-corrected chi connectivity index (χ2v) is 6.51. The van der Waals surface area contributed by atoms with Gasteiger partial charge in [0.2, 0.25) is 0 Å². The maximum atomic E-state index is 12.0. The van der Waals surface area contributed by atoms with Gasteiger partial charge in [0.15, 0.2) is 11.5 Å². The summed E-state index contributed by atoms with van der Waals surface area (Å²) in [5.74, 6) is 0.243. The van der Waals surface area contributed by atoms with Crippen molar-refractivity contribution in [3.05, 3.63) is 24.3 Å². The maximum absolute atomic E-state index is 12.0. The molecule has 0 heterocycles. The number of benzene rings is 1. The summed E-state index contributed by atoms with van der Waals surface area (Å²) < 4.78 is 10.7. The molecule has 0 saturated heterocycles. The van der Waals surface area contributed by atoms with Crippen LogP contribution in [0.1, 0.15) is 72.1 Å². The van der Waals surface area contributed by atoms with Crippen LogP contribution >= 0.6 is 0 Å². The van der Waals surface area contributed by atoms with Crippen molar-refractivity contribution in [2.75, 3.05) is 0 Å². The third kappa shape index (κ3) is 8.70. The van der Waals surface area contributed by atoms with Gasteiger partial charge in [-0.1, -0.05) is 65.0 Å². The fourth-order valence-corrected chi connectivity index (χ4v) is 2.34. The third-order valence-corrected chi connectivity index (χ3v) is 3.61. The first-order valence-corrected chi connectivity index (χ1v) is 9.03. The standard InChI is InChI=1S/C20H30O4/c1-4-5-6-7-8-9-14-19(21)23-17-12-10-11-13-18(17)24-20(22)15-16(2)3/h10-13,16H,4-9,14-15H2,1-3H3. The van der Waals surface area contributed by atoms with Gasteiger partial charge in [0.1, 0.15) is 0 Å². The van der Waals surface area contributed by atoms with Gasteiger partial charge in [-0.2, -0.15) is 0 Å². The van der Waals surface area contributed by atoms with Crippen LogP contribution in [0.3, 0.4) is 0 Å².